The number of fused-ring (bicyclic) bond motifs is 2. The minimum Gasteiger partial charge on any atom is -0.481 e. The molecule has 4 atom stereocenters. The van der Waals surface area contributed by atoms with Crippen LogP contribution in [0.3, 0.4) is 0 Å². The van der Waals surface area contributed by atoms with Crippen LogP contribution in [0.1, 0.15) is 6.42 Å². The number of carboxylic acid groups (broad SMARTS) is 1. The average Bonchev–Trinajstić information content (AvgIpc) is 2.88. The molecule has 2 bridgehead atoms. The number of aliphatic hydroxyl groups is 1. The molecule has 17 heavy (non-hydrogen) atoms. The van der Waals surface area contributed by atoms with Gasteiger partial charge in [-0.2, -0.15) is 0 Å². The molecule has 2 rings (SSSR count). The highest BCUT2D eigenvalue weighted by Crippen LogP contribution is 2.39. The van der Waals surface area contributed by atoms with Gasteiger partial charge >= 0.3 is 5.97 Å². The van der Waals surface area contributed by atoms with E-state index in [2.05, 4.69) is 5.32 Å². The highest BCUT2D eigenvalue weighted by Gasteiger charge is 2.52. The van der Waals surface area contributed by atoms with Gasteiger partial charge in [-0.05, 0) is 6.42 Å². The van der Waals surface area contributed by atoms with Crippen molar-refractivity contribution >= 4 is 11.9 Å². The smallest absolute Gasteiger partial charge is 0.310 e. The number of aliphatic hydroxyl groups excluding tert-OH is 1. The molecular weight excluding hydrogens is 226 g/mol. The molecule has 2 heterocycles. The summed E-state index contributed by atoms with van der Waals surface area (Å²) in [4.78, 5) is 23.0. The van der Waals surface area contributed by atoms with Crippen LogP contribution in [0.15, 0.2) is 12.2 Å². The van der Waals surface area contributed by atoms with Gasteiger partial charge in [0, 0.05) is 13.2 Å². The Morgan fingerprint density at radius 2 is 1.88 bits per heavy atom. The van der Waals surface area contributed by atoms with Gasteiger partial charge in [0.05, 0.1) is 18.1 Å². The van der Waals surface area contributed by atoms with E-state index in [4.69, 9.17) is 14.9 Å². The van der Waals surface area contributed by atoms with Gasteiger partial charge in [-0.25, -0.2) is 0 Å². The zero-order chi connectivity index (χ0) is 12.4. The Morgan fingerprint density at radius 1 is 1.24 bits per heavy atom. The summed E-state index contributed by atoms with van der Waals surface area (Å²) in [5.41, 5.74) is 0. The second kappa shape index (κ2) is 4.85. The first-order valence-electron chi connectivity index (χ1n) is 5.60. The molecule has 0 aromatic rings. The second-order valence-electron chi connectivity index (χ2n) is 4.21. The van der Waals surface area contributed by atoms with Gasteiger partial charge in [-0.3, -0.25) is 9.59 Å². The van der Waals surface area contributed by atoms with Crippen molar-refractivity contribution in [3.63, 3.8) is 0 Å². The summed E-state index contributed by atoms with van der Waals surface area (Å²) in [5.74, 6) is -2.80. The van der Waals surface area contributed by atoms with E-state index in [0.717, 1.165) is 0 Å². The fourth-order valence-electron chi connectivity index (χ4n) is 2.32. The normalized spacial score (nSPS) is 33.9. The van der Waals surface area contributed by atoms with Crippen molar-refractivity contribution < 1.29 is 24.5 Å². The Bertz CT molecular complexity index is 354. The molecule has 1 fully saturated rings. The molecule has 1 saturated heterocycles. The molecule has 0 aliphatic carbocycles. The molecule has 0 aromatic carbocycles. The van der Waals surface area contributed by atoms with E-state index in [9.17, 15) is 9.59 Å². The lowest BCUT2D eigenvalue weighted by Gasteiger charge is -2.20. The van der Waals surface area contributed by atoms with Crippen LogP contribution >= 0.6 is 0 Å². The number of amides is 1. The van der Waals surface area contributed by atoms with Crippen LogP contribution in [-0.4, -0.2) is 47.4 Å². The van der Waals surface area contributed by atoms with Crippen LogP contribution in [0.4, 0.5) is 0 Å². The first-order chi connectivity index (χ1) is 8.15. The van der Waals surface area contributed by atoms with E-state index in [-0.39, 0.29) is 12.5 Å². The van der Waals surface area contributed by atoms with Crippen LogP contribution < -0.4 is 5.32 Å². The lowest BCUT2D eigenvalue weighted by molar-refractivity contribution is -0.146. The van der Waals surface area contributed by atoms with E-state index < -0.39 is 30.0 Å². The van der Waals surface area contributed by atoms with Gasteiger partial charge < -0.3 is 20.3 Å². The van der Waals surface area contributed by atoms with E-state index in [1.54, 1.807) is 12.2 Å². The van der Waals surface area contributed by atoms with E-state index in [1.165, 1.54) is 0 Å². The number of carboxylic acids is 1. The standard InChI is InChI=1S/C11H15NO5/c13-5-1-4-12-10(14)8-6-2-3-7(17-6)9(8)11(15)16/h2-3,6-9,13H,1,4-5H2,(H,12,14)(H,15,16)/t6-,7?,8?,9?/m1/s1. The van der Waals surface area contributed by atoms with Crippen molar-refractivity contribution in [3.05, 3.63) is 12.2 Å². The summed E-state index contributed by atoms with van der Waals surface area (Å²) in [7, 11) is 0. The molecule has 0 radical (unpaired) electrons. The molecular formula is C11H15NO5. The quantitative estimate of drug-likeness (QED) is 0.430. The number of hydrogen-bond acceptors (Lipinski definition) is 4. The predicted molar refractivity (Wildman–Crippen MR) is 57.1 cm³/mol. The van der Waals surface area contributed by atoms with Crippen LogP contribution in [0.25, 0.3) is 0 Å². The molecule has 3 unspecified atom stereocenters. The highest BCUT2D eigenvalue weighted by molar-refractivity contribution is 5.87. The third-order valence-electron chi connectivity index (χ3n) is 3.12. The van der Waals surface area contributed by atoms with E-state index in [1.807, 2.05) is 0 Å². The summed E-state index contributed by atoms with van der Waals surface area (Å²) in [5, 5.41) is 20.3. The maximum atomic E-state index is 11.9. The Hall–Kier alpha value is -1.40. The zero-order valence-electron chi connectivity index (χ0n) is 9.20. The molecule has 6 heteroatoms. The fourth-order valence-corrected chi connectivity index (χ4v) is 2.32. The number of nitrogens with one attached hydrogen (secondary N) is 1. The Labute approximate surface area is 98.3 Å². The Kier molecular flexibility index (Phi) is 3.44. The third-order valence-corrected chi connectivity index (χ3v) is 3.12. The molecule has 0 aromatic heterocycles. The number of ether oxygens (including phenoxy) is 1. The molecule has 2 aliphatic rings. The molecule has 2 aliphatic heterocycles. The molecule has 6 nitrogen and oxygen atoms in total. The number of hydrogen-bond donors (Lipinski definition) is 3. The van der Waals surface area contributed by atoms with Crippen molar-refractivity contribution in [2.45, 2.75) is 18.6 Å². The van der Waals surface area contributed by atoms with Crippen molar-refractivity contribution in [1.29, 1.82) is 0 Å². The molecule has 0 saturated carbocycles. The maximum absolute atomic E-state index is 11.9. The third kappa shape index (κ3) is 2.18. The van der Waals surface area contributed by atoms with E-state index >= 15 is 0 Å². The first kappa shape index (κ1) is 12.1. The summed E-state index contributed by atoms with van der Waals surface area (Å²) < 4.78 is 5.38. The zero-order valence-corrected chi connectivity index (χ0v) is 9.20. The molecule has 0 spiro atoms. The highest BCUT2D eigenvalue weighted by atomic mass is 16.5. The van der Waals surface area contributed by atoms with Crippen LogP contribution in [0.5, 0.6) is 0 Å². The van der Waals surface area contributed by atoms with Gasteiger partial charge in [0.15, 0.2) is 0 Å². The van der Waals surface area contributed by atoms with Crippen molar-refractivity contribution in [3.8, 4) is 0 Å². The number of carbonyl (C=O) groups is 2. The maximum Gasteiger partial charge on any atom is 0.310 e. The van der Waals surface area contributed by atoms with Crippen molar-refractivity contribution in [2.24, 2.45) is 11.8 Å². The van der Waals surface area contributed by atoms with Gasteiger partial charge in [0.1, 0.15) is 5.92 Å². The van der Waals surface area contributed by atoms with E-state index in [0.29, 0.717) is 13.0 Å². The SMILES string of the molecule is O=C(O)C1C2C=C[C@@H](O2)C1C(=O)NCCCO. The predicted octanol–water partition coefficient (Wildman–Crippen LogP) is -0.861. The van der Waals surface area contributed by atoms with Crippen LogP contribution in [-0.2, 0) is 14.3 Å². The fraction of sp³-hybridized carbons (Fsp3) is 0.636. The minimum absolute atomic E-state index is 0.00420. The van der Waals surface area contributed by atoms with Crippen molar-refractivity contribution in [1.82, 2.24) is 5.32 Å². The Balaban J connectivity index is 2.01. The lowest BCUT2D eigenvalue weighted by atomic mass is 9.82. The van der Waals surface area contributed by atoms with Gasteiger partial charge in [0.2, 0.25) is 5.91 Å². The minimum atomic E-state index is -1.01. The topological polar surface area (TPSA) is 95.9 Å². The molecule has 94 valence electrons. The average molecular weight is 241 g/mol. The summed E-state index contributed by atoms with van der Waals surface area (Å²) in [6, 6.07) is 0. The number of aliphatic carboxylic acids is 1. The lowest BCUT2D eigenvalue weighted by Crippen LogP contribution is -2.42. The van der Waals surface area contributed by atoms with Crippen LogP contribution in [0, 0.1) is 11.8 Å². The Morgan fingerprint density at radius 3 is 2.47 bits per heavy atom. The largest absolute Gasteiger partial charge is 0.481 e. The first-order valence-corrected chi connectivity index (χ1v) is 5.60. The summed E-state index contributed by atoms with van der Waals surface area (Å²) >= 11 is 0. The van der Waals surface area contributed by atoms with Gasteiger partial charge in [0.25, 0.3) is 0 Å². The monoisotopic (exact) mass is 241 g/mol. The molecule has 3 N–H and O–H groups in total. The van der Waals surface area contributed by atoms with Gasteiger partial charge in [-0.15, -0.1) is 0 Å². The number of rotatable bonds is 5. The van der Waals surface area contributed by atoms with Crippen LogP contribution in [0.2, 0.25) is 0 Å². The summed E-state index contributed by atoms with van der Waals surface area (Å²) in [6.07, 6.45) is 2.96. The second-order valence-corrected chi connectivity index (χ2v) is 4.21. The molecule has 1 amide bonds. The van der Waals surface area contributed by atoms with Gasteiger partial charge in [-0.1, -0.05) is 12.2 Å². The number of carbonyl (C=O) groups excluding carboxylic acids is 1. The van der Waals surface area contributed by atoms with Crippen molar-refractivity contribution in [2.75, 3.05) is 13.2 Å². The summed E-state index contributed by atoms with van der Waals surface area (Å²) in [6.45, 7) is 0.342.